The Balaban J connectivity index is 1.65. The molecule has 0 aliphatic heterocycles. The molecule has 2 fully saturated rings. The Morgan fingerprint density at radius 2 is 1.86 bits per heavy atom. The molecular formula is C21H21Cl2FN2O2. The summed E-state index contributed by atoms with van der Waals surface area (Å²) in [4.78, 5) is 24.8. The van der Waals surface area contributed by atoms with Crippen LogP contribution >= 0.6 is 23.2 Å². The van der Waals surface area contributed by atoms with Crippen molar-refractivity contribution in [2.24, 2.45) is 18.9 Å². The van der Waals surface area contributed by atoms with Crippen LogP contribution in [-0.4, -0.2) is 16.3 Å². The highest BCUT2D eigenvalue weighted by atomic mass is 35.5. The number of Topliss-reactive ketones (excluding diaryl/α,β-unsaturated/α-hetero) is 1. The number of amides is 1. The van der Waals surface area contributed by atoms with Crippen molar-refractivity contribution in [2.45, 2.75) is 38.5 Å². The van der Waals surface area contributed by atoms with Gasteiger partial charge in [0.25, 0.3) is 5.91 Å². The Hall–Kier alpha value is -1.85. The number of carbonyl (C=O) groups is 2. The van der Waals surface area contributed by atoms with E-state index in [1.54, 1.807) is 4.57 Å². The Kier molecular flexibility index (Phi) is 5.00. The Labute approximate surface area is 173 Å². The summed E-state index contributed by atoms with van der Waals surface area (Å²) in [5, 5.41) is 3.37. The average molecular weight is 423 g/mol. The minimum atomic E-state index is -0.537. The number of benzene rings is 1. The summed E-state index contributed by atoms with van der Waals surface area (Å²) in [6, 6.07) is 4.08. The van der Waals surface area contributed by atoms with Crippen LogP contribution < -0.4 is 5.32 Å². The number of carbonyl (C=O) groups excluding carboxylic acids is 2. The van der Waals surface area contributed by atoms with Crippen LogP contribution in [-0.2, 0) is 11.8 Å². The normalized spacial score (nSPS) is 23.9. The maximum Gasteiger partial charge on any atom is 0.272 e. The van der Waals surface area contributed by atoms with Crippen LogP contribution in [0.4, 0.5) is 10.1 Å². The number of hydrogen-bond donors (Lipinski definition) is 1. The van der Waals surface area contributed by atoms with Gasteiger partial charge >= 0.3 is 0 Å². The van der Waals surface area contributed by atoms with E-state index in [0.29, 0.717) is 46.9 Å². The van der Waals surface area contributed by atoms with Gasteiger partial charge in [-0.3, -0.25) is 9.59 Å². The molecule has 0 radical (unpaired) electrons. The lowest BCUT2D eigenvalue weighted by atomic mass is 9.93. The van der Waals surface area contributed by atoms with Crippen molar-refractivity contribution in [3.8, 4) is 0 Å². The monoisotopic (exact) mass is 422 g/mol. The van der Waals surface area contributed by atoms with Crippen LogP contribution in [0.5, 0.6) is 0 Å². The van der Waals surface area contributed by atoms with Gasteiger partial charge < -0.3 is 9.88 Å². The molecule has 0 spiro atoms. The Morgan fingerprint density at radius 3 is 2.46 bits per heavy atom. The molecule has 4 nitrogen and oxygen atoms in total. The van der Waals surface area contributed by atoms with E-state index in [0.717, 1.165) is 24.1 Å². The zero-order chi connectivity index (χ0) is 20.2. The molecule has 2 aliphatic carbocycles. The highest BCUT2D eigenvalue weighted by Gasteiger charge is 2.43. The van der Waals surface area contributed by atoms with Crippen molar-refractivity contribution in [3.05, 3.63) is 51.0 Å². The summed E-state index contributed by atoms with van der Waals surface area (Å²) in [5.74, 6) is 0.443. The molecular weight excluding hydrogens is 402 g/mol. The molecule has 1 aromatic carbocycles. The molecule has 0 bridgehead atoms. The number of halogens is 3. The van der Waals surface area contributed by atoms with Crippen LogP contribution in [0.25, 0.3) is 0 Å². The molecule has 2 atom stereocenters. The standard InChI is InChI=1S/C21H21Cl2FN2O2/c1-10-19(23)18(13-5-11-7-15(27)8-12(11)6-13)20(26(10)2)21(28)25-14-3-4-17(24)16(22)9-14/h3-4,9,11-13H,5-8H2,1-2H3,(H,25,28). The van der Waals surface area contributed by atoms with E-state index >= 15 is 0 Å². The summed E-state index contributed by atoms with van der Waals surface area (Å²) in [5.41, 5.74) is 2.62. The molecule has 1 aromatic heterocycles. The first-order chi connectivity index (χ1) is 13.3. The first-order valence-electron chi connectivity index (χ1n) is 9.39. The Bertz CT molecular complexity index is 969. The molecule has 1 heterocycles. The van der Waals surface area contributed by atoms with Gasteiger partial charge in [-0.2, -0.15) is 0 Å². The maximum atomic E-state index is 13.4. The van der Waals surface area contributed by atoms with E-state index in [2.05, 4.69) is 5.32 Å². The summed E-state index contributed by atoms with van der Waals surface area (Å²) >= 11 is 12.5. The number of hydrogen-bond acceptors (Lipinski definition) is 2. The van der Waals surface area contributed by atoms with Gasteiger partial charge in [-0.25, -0.2) is 4.39 Å². The van der Waals surface area contributed by atoms with Crippen molar-refractivity contribution in [2.75, 3.05) is 5.32 Å². The third kappa shape index (κ3) is 3.25. The molecule has 1 N–H and O–H groups in total. The van der Waals surface area contributed by atoms with Gasteiger partial charge in [-0.05, 0) is 55.7 Å². The first kappa shape index (κ1) is 19.5. The third-order valence-electron chi connectivity index (χ3n) is 6.27. The summed E-state index contributed by atoms with van der Waals surface area (Å²) in [6.07, 6.45) is 3.03. The number of ketones is 1. The van der Waals surface area contributed by atoms with Gasteiger partial charge in [0.2, 0.25) is 0 Å². The van der Waals surface area contributed by atoms with E-state index < -0.39 is 5.82 Å². The van der Waals surface area contributed by atoms with E-state index in [1.165, 1.54) is 18.2 Å². The summed E-state index contributed by atoms with van der Waals surface area (Å²) < 4.78 is 15.2. The van der Waals surface area contributed by atoms with Crippen LogP contribution in [0.2, 0.25) is 10.0 Å². The molecule has 7 heteroatoms. The molecule has 2 unspecified atom stereocenters. The molecule has 0 saturated heterocycles. The second kappa shape index (κ2) is 7.20. The Morgan fingerprint density at radius 1 is 1.21 bits per heavy atom. The van der Waals surface area contributed by atoms with E-state index in [9.17, 15) is 14.0 Å². The van der Waals surface area contributed by atoms with E-state index in [4.69, 9.17) is 23.2 Å². The fourth-order valence-electron chi connectivity index (χ4n) is 4.82. The molecule has 148 valence electrons. The largest absolute Gasteiger partial charge is 0.342 e. The lowest BCUT2D eigenvalue weighted by Crippen LogP contribution is -2.19. The van der Waals surface area contributed by atoms with Crippen molar-refractivity contribution in [1.29, 1.82) is 0 Å². The number of rotatable bonds is 3. The van der Waals surface area contributed by atoms with E-state index in [1.807, 2.05) is 14.0 Å². The van der Waals surface area contributed by atoms with Crippen molar-refractivity contribution < 1.29 is 14.0 Å². The molecule has 2 aromatic rings. The van der Waals surface area contributed by atoms with Gasteiger partial charge in [0, 0.05) is 36.8 Å². The smallest absolute Gasteiger partial charge is 0.272 e. The first-order valence-corrected chi connectivity index (χ1v) is 10.1. The predicted octanol–water partition coefficient (Wildman–Crippen LogP) is 5.50. The number of nitrogens with one attached hydrogen (secondary N) is 1. The number of fused-ring (bicyclic) bond motifs is 1. The van der Waals surface area contributed by atoms with Gasteiger partial charge in [0.15, 0.2) is 0 Å². The molecule has 28 heavy (non-hydrogen) atoms. The minimum Gasteiger partial charge on any atom is -0.342 e. The maximum absolute atomic E-state index is 13.4. The van der Waals surface area contributed by atoms with Gasteiger partial charge in [-0.1, -0.05) is 23.2 Å². The fourth-order valence-corrected chi connectivity index (χ4v) is 5.37. The second-order valence-corrected chi connectivity index (χ2v) is 8.72. The predicted molar refractivity (Wildman–Crippen MR) is 108 cm³/mol. The average Bonchev–Trinajstić information content (AvgIpc) is 3.23. The van der Waals surface area contributed by atoms with Crippen molar-refractivity contribution in [1.82, 2.24) is 4.57 Å². The highest BCUT2D eigenvalue weighted by molar-refractivity contribution is 6.33. The summed E-state index contributed by atoms with van der Waals surface area (Å²) in [6.45, 7) is 1.89. The van der Waals surface area contributed by atoms with Crippen LogP contribution in [0.15, 0.2) is 18.2 Å². The number of anilines is 1. The zero-order valence-corrected chi connectivity index (χ0v) is 17.2. The van der Waals surface area contributed by atoms with Gasteiger partial charge in [0.1, 0.15) is 17.3 Å². The van der Waals surface area contributed by atoms with Gasteiger partial charge in [0.05, 0.1) is 10.0 Å². The molecule has 2 aliphatic rings. The number of nitrogens with zero attached hydrogens (tertiary/aromatic N) is 1. The highest BCUT2D eigenvalue weighted by Crippen LogP contribution is 2.52. The van der Waals surface area contributed by atoms with Crippen molar-refractivity contribution in [3.63, 3.8) is 0 Å². The lowest BCUT2D eigenvalue weighted by Gasteiger charge is -2.15. The third-order valence-corrected chi connectivity index (χ3v) is 7.04. The van der Waals surface area contributed by atoms with Crippen LogP contribution in [0.3, 0.4) is 0 Å². The molecule has 1 amide bonds. The fraction of sp³-hybridized carbons (Fsp3) is 0.429. The summed E-state index contributed by atoms with van der Waals surface area (Å²) in [7, 11) is 1.82. The molecule has 4 rings (SSSR count). The SMILES string of the molecule is Cc1c(Cl)c(C2CC3CC(=O)CC3C2)c(C(=O)Nc2ccc(F)c(Cl)c2)n1C. The zero-order valence-electron chi connectivity index (χ0n) is 15.7. The minimum absolute atomic E-state index is 0.0487. The quantitative estimate of drug-likeness (QED) is 0.709. The number of aromatic nitrogens is 1. The lowest BCUT2D eigenvalue weighted by molar-refractivity contribution is -0.117. The topological polar surface area (TPSA) is 51.1 Å². The van der Waals surface area contributed by atoms with Gasteiger partial charge in [-0.15, -0.1) is 0 Å². The molecule has 2 saturated carbocycles. The van der Waals surface area contributed by atoms with Crippen LogP contribution in [0, 0.1) is 24.6 Å². The second-order valence-electron chi connectivity index (χ2n) is 7.94. The van der Waals surface area contributed by atoms with Crippen LogP contribution in [0.1, 0.15) is 53.3 Å². The van der Waals surface area contributed by atoms with E-state index in [-0.39, 0.29) is 16.8 Å². The van der Waals surface area contributed by atoms with Crippen molar-refractivity contribution >= 4 is 40.6 Å².